The zero-order valence-corrected chi connectivity index (χ0v) is 18.9. The molecular weight excluding hydrogens is 433 g/mol. The molecule has 1 saturated heterocycles. The Morgan fingerprint density at radius 3 is 2.56 bits per heavy atom. The normalized spacial score (nSPS) is 20.0. The Hall–Kier alpha value is -2.06. The lowest BCUT2D eigenvalue weighted by Gasteiger charge is -2.25. The summed E-state index contributed by atoms with van der Waals surface area (Å²) < 4.78 is 17.2. The summed E-state index contributed by atoms with van der Waals surface area (Å²) in [6.45, 7) is 2.34. The van der Waals surface area contributed by atoms with E-state index in [2.05, 4.69) is 6.92 Å². The van der Waals surface area contributed by atoms with E-state index in [0.717, 1.165) is 18.4 Å². The summed E-state index contributed by atoms with van der Waals surface area (Å²) in [4.78, 5) is 32.7. The third kappa shape index (κ3) is 6.04. The minimum Gasteiger partial charge on any atom is -0.388 e. The van der Waals surface area contributed by atoms with E-state index in [1.807, 2.05) is 0 Å². The van der Waals surface area contributed by atoms with Crippen molar-refractivity contribution in [2.45, 2.75) is 57.5 Å². The van der Waals surface area contributed by atoms with E-state index in [1.165, 1.54) is 17.0 Å². The Kier molecular flexibility index (Phi) is 8.22. The summed E-state index contributed by atoms with van der Waals surface area (Å²) in [5.41, 5.74) is 2.01. The van der Waals surface area contributed by atoms with Gasteiger partial charge in [-0.25, -0.2) is 0 Å². The molecule has 3 atom stereocenters. The number of benzene rings is 2. The van der Waals surface area contributed by atoms with Gasteiger partial charge < -0.3 is 29.6 Å². The maximum absolute atomic E-state index is 12.5. The molecule has 9 heteroatoms. The molecule has 0 aromatic heterocycles. The van der Waals surface area contributed by atoms with E-state index in [1.54, 1.807) is 36.4 Å². The van der Waals surface area contributed by atoms with Crippen LogP contribution in [0.2, 0.25) is 0 Å². The van der Waals surface area contributed by atoms with E-state index in [0.29, 0.717) is 17.7 Å². The van der Waals surface area contributed by atoms with Gasteiger partial charge in [0.05, 0.1) is 30.7 Å². The number of carbonyl (C=O) groups is 1. The number of hydrogen-bond donors (Lipinski definition) is 4. The first-order valence-corrected chi connectivity index (χ1v) is 12.3. The number of hydrogen-bond acceptors (Lipinski definition) is 5. The number of anilines is 1. The van der Waals surface area contributed by atoms with E-state index < -0.39 is 25.7 Å². The van der Waals surface area contributed by atoms with Gasteiger partial charge in [-0.3, -0.25) is 9.36 Å². The second-order valence-electron chi connectivity index (χ2n) is 8.09. The van der Waals surface area contributed by atoms with E-state index >= 15 is 0 Å². The molecule has 3 unspecified atom stereocenters. The SMILES string of the molecule is CCCCC(O)c1ccc(N2C(=O)C(O)CC2COCc2cccc(P(=O)(O)O)c2)cc1. The van der Waals surface area contributed by atoms with Crippen molar-refractivity contribution in [3.8, 4) is 0 Å². The topological polar surface area (TPSA) is 128 Å². The van der Waals surface area contributed by atoms with Gasteiger partial charge >= 0.3 is 7.60 Å². The van der Waals surface area contributed by atoms with Crippen molar-refractivity contribution in [2.75, 3.05) is 11.5 Å². The maximum Gasteiger partial charge on any atom is 0.356 e. The van der Waals surface area contributed by atoms with Gasteiger partial charge in [0.1, 0.15) is 6.10 Å². The van der Waals surface area contributed by atoms with Crippen molar-refractivity contribution in [3.05, 3.63) is 59.7 Å². The second-order valence-corrected chi connectivity index (χ2v) is 9.70. The van der Waals surface area contributed by atoms with Gasteiger partial charge in [-0.1, -0.05) is 44.0 Å². The number of nitrogens with zero attached hydrogens (tertiary/aromatic N) is 1. The monoisotopic (exact) mass is 463 g/mol. The summed E-state index contributed by atoms with van der Waals surface area (Å²) in [5, 5.41) is 20.3. The highest BCUT2D eigenvalue weighted by Crippen LogP contribution is 2.33. The lowest BCUT2D eigenvalue weighted by atomic mass is 10.0. The lowest BCUT2D eigenvalue weighted by Crippen LogP contribution is -2.37. The Morgan fingerprint density at radius 1 is 1.19 bits per heavy atom. The first-order valence-electron chi connectivity index (χ1n) is 10.7. The van der Waals surface area contributed by atoms with E-state index in [-0.39, 0.29) is 31.0 Å². The third-order valence-corrected chi connectivity index (χ3v) is 6.55. The summed E-state index contributed by atoms with van der Waals surface area (Å²) >= 11 is 0. The summed E-state index contributed by atoms with van der Waals surface area (Å²) in [5.74, 6) is -0.402. The van der Waals surface area contributed by atoms with E-state index in [4.69, 9.17) is 4.74 Å². The molecule has 8 nitrogen and oxygen atoms in total. The van der Waals surface area contributed by atoms with Gasteiger partial charge in [-0.2, -0.15) is 0 Å². The van der Waals surface area contributed by atoms with Crippen LogP contribution in [0.1, 0.15) is 49.8 Å². The van der Waals surface area contributed by atoms with Crippen molar-refractivity contribution < 1.29 is 34.1 Å². The third-order valence-electron chi connectivity index (χ3n) is 5.60. The highest BCUT2D eigenvalue weighted by atomic mass is 31.2. The highest BCUT2D eigenvalue weighted by Gasteiger charge is 2.39. The van der Waals surface area contributed by atoms with Crippen molar-refractivity contribution >= 4 is 24.5 Å². The molecule has 0 aliphatic carbocycles. The molecule has 2 aromatic rings. The smallest absolute Gasteiger partial charge is 0.356 e. The summed E-state index contributed by atoms with van der Waals surface area (Å²) in [6, 6.07) is 12.7. The molecule has 3 rings (SSSR count). The number of amides is 1. The minimum atomic E-state index is -4.34. The molecule has 1 fully saturated rings. The number of aliphatic hydroxyl groups is 2. The zero-order valence-electron chi connectivity index (χ0n) is 18.0. The Morgan fingerprint density at radius 2 is 1.91 bits per heavy atom. The molecule has 1 heterocycles. The molecule has 0 spiro atoms. The van der Waals surface area contributed by atoms with Crippen LogP contribution in [0, 0.1) is 0 Å². The van der Waals surface area contributed by atoms with Crippen molar-refractivity contribution in [1.82, 2.24) is 0 Å². The van der Waals surface area contributed by atoms with Crippen LogP contribution in [0.4, 0.5) is 5.69 Å². The average molecular weight is 463 g/mol. The summed E-state index contributed by atoms with van der Waals surface area (Å²) in [7, 11) is -4.34. The number of carbonyl (C=O) groups excluding carboxylic acids is 1. The van der Waals surface area contributed by atoms with Crippen LogP contribution in [0.5, 0.6) is 0 Å². The molecule has 0 bridgehead atoms. The number of aliphatic hydroxyl groups excluding tert-OH is 2. The molecule has 1 aliphatic rings. The molecule has 4 N–H and O–H groups in total. The fraction of sp³-hybridized carbons (Fsp3) is 0.435. The first kappa shape index (κ1) is 24.6. The maximum atomic E-state index is 12.5. The van der Waals surface area contributed by atoms with Crippen molar-refractivity contribution in [3.63, 3.8) is 0 Å². The van der Waals surface area contributed by atoms with E-state index in [9.17, 15) is 29.4 Å². The number of rotatable bonds is 10. The quantitative estimate of drug-likeness (QED) is 0.399. The Labute approximate surface area is 187 Å². The van der Waals surface area contributed by atoms with Gasteiger partial charge in [0, 0.05) is 12.1 Å². The van der Waals surface area contributed by atoms with Crippen molar-refractivity contribution in [2.24, 2.45) is 0 Å². The van der Waals surface area contributed by atoms with Crippen molar-refractivity contribution in [1.29, 1.82) is 0 Å². The van der Waals surface area contributed by atoms with Gasteiger partial charge in [0.15, 0.2) is 0 Å². The standard InChI is InChI=1S/C23H30NO7P/c1-2-3-7-21(25)17-8-10-18(11-9-17)24-19(13-22(26)23(24)27)15-31-14-16-5-4-6-20(12-16)32(28,29)30/h4-6,8-12,19,21-22,25-26H,2-3,7,13-15H2,1H3,(H2,28,29,30). The molecule has 2 aromatic carbocycles. The van der Waals surface area contributed by atoms with Crippen LogP contribution in [0.3, 0.4) is 0 Å². The molecular formula is C23H30NO7P. The van der Waals surface area contributed by atoms with Crippen LogP contribution in [0.15, 0.2) is 48.5 Å². The molecule has 0 radical (unpaired) electrons. The second kappa shape index (κ2) is 10.7. The predicted molar refractivity (Wildman–Crippen MR) is 121 cm³/mol. The Balaban J connectivity index is 1.65. The predicted octanol–water partition coefficient (Wildman–Crippen LogP) is 2.40. The van der Waals surface area contributed by atoms with Crippen LogP contribution in [0.25, 0.3) is 0 Å². The molecule has 1 amide bonds. The molecule has 32 heavy (non-hydrogen) atoms. The van der Waals surface area contributed by atoms with Gasteiger partial charge in [0.25, 0.3) is 5.91 Å². The van der Waals surface area contributed by atoms with Gasteiger partial charge in [-0.15, -0.1) is 0 Å². The largest absolute Gasteiger partial charge is 0.388 e. The van der Waals surface area contributed by atoms with Gasteiger partial charge in [0.2, 0.25) is 0 Å². The molecule has 174 valence electrons. The first-order chi connectivity index (χ1) is 15.2. The Bertz CT molecular complexity index is 959. The highest BCUT2D eigenvalue weighted by molar-refractivity contribution is 7.60. The summed E-state index contributed by atoms with van der Waals surface area (Å²) in [6.07, 6.45) is 1.17. The minimum absolute atomic E-state index is 0.0760. The fourth-order valence-electron chi connectivity index (χ4n) is 3.85. The lowest BCUT2D eigenvalue weighted by molar-refractivity contribution is -0.124. The van der Waals surface area contributed by atoms with Crippen LogP contribution >= 0.6 is 7.60 Å². The number of ether oxygens (including phenoxy) is 1. The average Bonchev–Trinajstić information content (AvgIpc) is 3.05. The number of unbranched alkanes of at least 4 members (excludes halogenated alkanes) is 1. The molecule has 1 aliphatic heterocycles. The van der Waals surface area contributed by atoms with Gasteiger partial charge in [-0.05, 0) is 41.8 Å². The fourth-order valence-corrected chi connectivity index (χ4v) is 4.46. The van der Waals surface area contributed by atoms with Crippen LogP contribution in [-0.4, -0.2) is 44.7 Å². The van der Waals surface area contributed by atoms with Crippen LogP contribution < -0.4 is 10.2 Å². The molecule has 0 saturated carbocycles. The van der Waals surface area contributed by atoms with Crippen LogP contribution in [-0.2, 0) is 20.7 Å². The zero-order chi connectivity index (χ0) is 23.3.